The highest BCUT2D eigenvalue weighted by Crippen LogP contribution is 2.28. The molecule has 1 amide bonds. The van der Waals surface area contributed by atoms with E-state index in [2.05, 4.69) is 5.32 Å². The molecule has 0 aliphatic carbocycles. The van der Waals surface area contributed by atoms with Crippen molar-refractivity contribution in [2.24, 2.45) is 0 Å². The summed E-state index contributed by atoms with van der Waals surface area (Å²) in [7, 11) is -3.72. The Hall–Kier alpha value is -2.81. The first-order valence-electron chi connectivity index (χ1n) is 9.13. The van der Waals surface area contributed by atoms with Gasteiger partial charge < -0.3 is 14.8 Å². The Morgan fingerprint density at radius 2 is 1.66 bits per heavy atom. The van der Waals surface area contributed by atoms with Gasteiger partial charge in [0.05, 0.1) is 25.2 Å². The van der Waals surface area contributed by atoms with Gasteiger partial charge in [0, 0.05) is 6.54 Å². The van der Waals surface area contributed by atoms with Gasteiger partial charge in [-0.2, -0.15) is 0 Å². The SMILES string of the molecule is CCOc1ccc(CNC(=O)CN(c2ccc(F)cc2)S(C)(=O)=O)cc1OCC. The lowest BCUT2D eigenvalue weighted by Crippen LogP contribution is -2.40. The predicted molar refractivity (Wildman–Crippen MR) is 109 cm³/mol. The molecule has 2 aromatic carbocycles. The summed E-state index contributed by atoms with van der Waals surface area (Å²) in [6.45, 7) is 4.47. The van der Waals surface area contributed by atoms with Crippen molar-refractivity contribution in [2.75, 3.05) is 30.3 Å². The molecule has 29 heavy (non-hydrogen) atoms. The van der Waals surface area contributed by atoms with Crippen molar-refractivity contribution in [1.82, 2.24) is 5.32 Å². The first-order chi connectivity index (χ1) is 13.7. The van der Waals surface area contributed by atoms with E-state index in [4.69, 9.17) is 9.47 Å². The second-order valence-corrected chi connectivity index (χ2v) is 8.08. The lowest BCUT2D eigenvalue weighted by Gasteiger charge is -2.22. The highest BCUT2D eigenvalue weighted by atomic mass is 32.2. The van der Waals surface area contributed by atoms with Crippen LogP contribution < -0.4 is 19.1 Å². The molecule has 0 aliphatic rings. The Morgan fingerprint density at radius 1 is 1.03 bits per heavy atom. The molecule has 0 saturated heterocycles. The number of benzene rings is 2. The van der Waals surface area contributed by atoms with E-state index in [1.165, 1.54) is 12.1 Å². The van der Waals surface area contributed by atoms with Gasteiger partial charge in [0.25, 0.3) is 0 Å². The summed E-state index contributed by atoms with van der Waals surface area (Å²) in [6, 6.07) is 10.2. The van der Waals surface area contributed by atoms with Crippen LogP contribution in [0.15, 0.2) is 42.5 Å². The van der Waals surface area contributed by atoms with Crippen LogP contribution in [0.5, 0.6) is 11.5 Å². The molecule has 0 radical (unpaired) electrons. The number of amides is 1. The topological polar surface area (TPSA) is 84.9 Å². The van der Waals surface area contributed by atoms with Gasteiger partial charge in [-0.1, -0.05) is 6.07 Å². The molecule has 0 fully saturated rings. The fourth-order valence-corrected chi connectivity index (χ4v) is 3.46. The summed E-state index contributed by atoms with van der Waals surface area (Å²) in [5, 5.41) is 2.69. The van der Waals surface area contributed by atoms with Crippen LogP contribution in [-0.4, -0.2) is 40.3 Å². The minimum atomic E-state index is -3.72. The Labute approximate surface area is 170 Å². The van der Waals surface area contributed by atoms with Gasteiger partial charge in [0.15, 0.2) is 11.5 Å². The summed E-state index contributed by atoms with van der Waals surface area (Å²) in [6.07, 6.45) is 0.991. The van der Waals surface area contributed by atoms with Crippen LogP contribution in [0.4, 0.5) is 10.1 Å². The third-order valence-electron chi connectivity index (χ3n) is 3.90. The largest absolute Gasteiger partial charge is 0.490 e. The van der Waals surface area contributed by atoms with Crippen LogP contribution in [0.1, 0.15) is 19.4 Å². The fraction of sp³-hybridized carbons (Fsp3) is 0.350. The molecule has 0 saturated carbocycles. The van der Waals surface area contributed by atoms with Gasteiger partial charge in [0.1, 0.15) is 12.4 Å². The molecule has 0 heterocycles. The van der Waals surface area contributed by atoms with Gasteiger partial charge in [-0.25, -0.2) is 12.8 Å². The molecule has 0 bridgehead atoms. The van der Waals surface area contributed by atoms with E-state index in [-0.39, 0.29) is 12.2 Å². The average molecular weight is 424 g/mol. The molecule has 0 aliphatic heterocycles. The van der Waals surface area contributed by atoms with E-state index in [1.54, 1.807) is 18.2 Å². The zero-order chi connectivity index (χ0) is 21.4. The zero-order valence-corrected chi connectivity index (χ0v) is 17.5. The van der Waals surface area contributed by atoms with E-state index in [9.17, 15) is 17.6 Å². The van der Waals surface area contributed by atoms with E-state index < -0.39 is 28.3 Å². The van der Waals surface area contributed by atoms with E-state index in [1.807, 2.05) is 13.8 Å². The van der Waals surface area contributed by atoms with Gasteiger partial charge in [-0.15, -0.1) is 0 Å². The fourth-order valence-electron chi connectivity index (χ4n) is 2.60. The van der Waals surface area contributed by atoms with Crippen LogP contribution >= 0.6 is 0 Å². The van der Waals surface area contributed by atoms with Crippen LogP contribution in [0, 0.1) is 5.82 Å². The van der Waals surface area contributed by atoms with Gasteiger partial charge in [-0.3, -0.25) is 9.10 Å². The number of ether oxygens (including phenoxy) is 2. The Morgan fingerprint density at radius 3 is 2.24 bits per heavy atom. The van der Waals surface area contributed by atoms with Crippen molar-refractivity contribution in [3.63, 3.8) is 0 Å². The average Bonchev–Trinajstić information content (AvgIpc) is 2.66. The predicted octanol–water partition coefficient (Wildman–Crippen LogP) is 2.71. The lowest BCUT2D eigenvalue weighted by molar-refractivity contribution is -0.119. The lowest BCUT2D eigenvalue weighted by atomic mass is 10.2. The summed E-state index contributed by atoms with van der Waals surface area (Å²) >= 11 is 0. The molecule has 1 N–H and O–H groups in total. The molecule has 0 unspecified atom stereocenters. The molecule has 0 aromatic heterocycles. The van der Waals surface area contributed by atoms with Crippen molar-refractivity contribution in [2.45, 2.75) is 20.4 Å². The van der Waals surface area contributed by atoms with E-state index >= 15 is 0 Å². The van der Waals surface area contributed by atoms with Crippen LogP contribution in [0.2, 0.25) is 0 Å². The highest BCUT2D eigenvalue weighted by molar-refractivity contribution is 7.92. The number of nitrogens with one attached hydrogen (secondary N) is 1. The smallest absolute Gasteiger partial charge is 0.241 e. The van der Waals surface area contributed by atoms with Gasteiger partial charge >= 0.3 is 0 Å². The zero-order valence-electron chi connectivity index (χ0n) is 16.6. The highest BCUT2D eigenvalue weighted by Gasteiger charge is 2.21. The Kier molecular flexibility index (Phi) is 7.83. The van der Waals surface area contributed by atoms with Crippen molar-refractivity contribution in [3.8, 4) is 11.5 Å². The standard InChI is InChI=1S/C20H25FN2O5S/c1-4-27-18-11-6-15(12-19(18)28-5-2)13-22-20(24)14-23(29(3,25)26)17-9-7-16(21)8-10-17/h6-12H,4-5,13-14H2,1-3H3,(H,22,24). The number of anilines is 1. The number of sulfonamides is 1. The maximum absolute atomic E-state index is 13.1. The first kappa shape index (κ1) is 22.5. The third-order valence-corrected chi connectivity index (χ3v) is 5.04. The van der Waals surface area contributed by atoms with Crippen molar-refractivity contribution >= 4 is 21.6 Å². The number of carbonyl (C=O) groups is 1. The normalized spacial score (nSPS) is 11.0. The number of rotatable bonds is 10. The molecule has 0 atom stereocenters. The summed E-state index contributed by atoms with van der Waals surface area (Å²) in [4.78, 5) is 12.3. The van der Waals surface area contributed by atoms with E-state index in [0.717, 1.165) is 28.3 Å². The van der Waals surface area contributed by atoms with Gasteiger partial charge in [-0.05, 0) is 55.8 Å². The second-order valence-electron chi connectivity index (χ2n) is 6.17. The third kappa shape index (κ3) is 6.63. The summed E-state index contributed by atoms with van der Waals surface area (Å²) < 4.78 is 49.2. The van der Waals surface area contributed by atoms with E-state index in [0.29, 0.717) is 24.7 Å². The number of halogens is 1. The molecule has 2 aromatic rings. The number of hydrogen-bond donors (Lipinski definition) is 1. The Bertz CT molecular complexity index is 932. The first-order valence-corrected chi connectivity index (χ1v) is 11.0. The monoisotopic (exact) mass is 424 g/mol. The maximum atomic E-state index is 13.1. The maximum Gasteiger partial charge on any atom is 0.241 e. The summed E-state index contributed by atoms with van der Waals surface area (Å²) in [5.74, 6) is 0.202. The molecule has 0 spiro atoms. The van der Waals surface area contributed by atoms with Crippen molar-refractivity contribution in [3.05, 3.63) is 53.8 Å². The molecular weight excluding hydrogens is 399 g/mol. The second kappa shape index (κ2) is 10.1. The summed E-state index contributed by atoms with van der Waals surface area (Å²) in [5.41, 5.74) is 0.988. The quantitative estimate of drug-likeness (QED) is 0.634. The number of carbonyl (C=O) groups excluding carboxylic acids is 1. The van der Waals surface area contributed by atoms with Crippen molar-refractivity contribution < 1.29 is 27.1 Å². The minimum absolute atomic E-state index is 0.187. The Balaban J connectivity index is 2.07. The number of hydrogen-bond acceptors (Lipinski definition) is 5. The molecular formula is C20H25FN2O5S. The molecule has 9 heteroatoms. The van der Waals surface area contributed by atoms with Crippen LogP contribution in [-0.2, 0) is 21.4 Å². The van der Waals surface area contributed by atoms with Crippen LogP contribution in [0.25, 0.3) is 0 Å². The minimum Gasteiger partial charge on any atom is -0.490 e. The van der Waals surface area contributed by atoms with Crippen molar-refractivity contribution in [1.29, 1.82) is 0 Å². The number of nitrogens with zero attached hydrogens (tertiary/aromatic N) is 1. The molecule has 7 nitrogen and oxygen atoms in total. The van der Waals surface area contributed by atoms with Gasteiger partial charge in [0.2, 0.25) is 15.9 Å². The van der Waals surface area contributed by atoms with Crippen LogP contribution in [0.3, 0.4) is 0 Å². The molecule has 2 rings (SSSR count). The molecule has 158 valence electrons.